The first kappa shape index (κ1) is 14.3. The lowest BCUT2D eigenvalue weighted by atomic mass is 10.1. The van der Waals surface area contributed by atoms with Crippen molar-refractivity contribution in [3.63, 3.8) is 0 Å². The summed E-state index contributed by atoms with van der Waals surface area (Å²) in [5.41, 5.74) is 0.633. The lowest BCUT2D eigenvalue weighted by Gasteiger charge is -2.31. The van der Waals surface area contributed by atoms with Crippen LogP contribution in [0.3, 0.4) is 0 Å². The second-order valence-corrected chi connectivity index (χ2v) is 5.46. The van der Waals surface area contributed by atoms with E-state index in [1.54, 1.807) is 13.2 Å². The van der Waals surface area contributed by atoms with E-state index in [1.807, 2.05) is 24.1 Å². The predicted molar refractivity (Wildman–Crippen MR) is 76.6 cm³/mol. The van der Waals surface area contributed by atoms with Crippen LogP contribution in [0.5, 0.6) is 5.75 Å². The van der Waals surface area contributed by atoms with E-state index in [9.17, 15) is 4.79 Å². The molecular formula is C14H18BrNO3. The standard InChI is InChI=1S/C14H18BrNO3/c1-16(10-5-7-19-8-6-10)14(17)12-9-11(18-2)3-4-13(12)15/h3-4,9-10H,5-8H2,1-2H3. The third kappa shape index (κ3) is 3.28. The smallest absolute Gasteiger partial charge is 0.255 e. The first-order valence-electron chi connectivity index (χ1n) is 6.32. The molecule has 4 nitrogen and oxygen atoms in total. The van der Waals surface area contributed by atoms with Crippen molar-refractivity contribution in [2.75, 3.05) is 27.4 Å². The quantitative estimate of drug-likeness (QED) is 0.856. The van der Waals surface area contributed by atoms with Gasteiger partial charge < -0.3 is 14.4 Å². The highest BCUT2D eigenvalue weighted by Gasteiger charge is 2.24. The monoisotopic (exact) mass is 327 g/mol. The summed E-state index contributed by atoms with van der Waals surface area (Å²) in [5, 5.41) is 0. The topological polar surface area (TPSA) is 38.8 Å². The Bertz CT molecular complexity index is 458. The number of hydrogen-bond acceptors (Lipinski definition) is 3. The SMILES string of the molecule is COc1ccc(Br)c(C(=O)N(C)C2CCOCC2)c1. The van der Waals surface area contributed by atoms with Crippen molar-refractivity contribution in [2.24, 2.45) is 0 Å². The van der Waals surface area contributed by atoms with Crippen LogP contribution in [0.2, 0.25) is 0 Å². The number of amides is 1. The molecular weight excluding hydrogens is 310 g/mol. The largest absolute Gasteiger partial charge is 0.497 e. The highest BCUT2D eigenvalue weighted by atomic mass is 79.9. The zero-order valence-corrected chi connectivity index (χ0v) is 12.8. The molecule has 1 aliphatic heterocycles. The van der Waals surface area contributed by atoms with Crippen LogP contribution in [0.15, 0.2) is 22.7 Å². The number of methoxy groups -OCH3 is 1. The van der Waals surface area contributed by atoms with Crippen molar-refractivity contribution in [3.8, 4) is 5.75 Å². The number of rotatable bonds is 3. The average Bonchev–Trinajstić information content (AvgIpc) is 2.47. The molecule has 0 atom stereocenters. The minimum Gasteiger partial charge on any atom is -0.497 e. The van der Waals surface area contributed by atoms with E-state index in [-0.39, 0.29) is 11.9 Å². The molecule has 1 aromatic carbocycles. The Hall–Kier alpha value is -1.07. The van der Waals surface area contributed by atoms with Crippen molar-refractivity contribution in [2.45, 2.75) is 18.9 Å². The molecule has 1 aromatic rings. The Morgan fingerprint density at radius 1 is 1.42 bits per heavy atom. The van der Waals surface area contributed by atoms with Gasteiger partial charge in [0.05, 0.1) is 12.7 Å². The maximum atomic E-state index is 12.5. The lowest BCUT2D eigenvalue weighted by Crippen LogP contribution is -2.40. The predicted octanol–water partition coefficient (Wildman–Crippen LogP) is 2.71. The molecule has 104 valence electrons. The van der Waals surface area contributed by atoms with E-state index >= 15 is 0 Å². The van der Waals surface area contributed by atoms with Gasteiger partial charge in [0.25, 0.3) is 5.91 Å². The number of carbonyl (C=O) groups excluding carboxylic acids is 1. The number of carbonyl (C=O) groups is 1. The summed E-state index contributed by atoms with van der Waals surface area (Å²) in [6, 6.07) is 5.68. The number of nitrogens with zero attached hydrogens (tertiary/aromatic N) is 1. The first-order chi connectivity index (χ1) is 9.13. The maximum Gasteiger partial charge on any atom is 0.255 e. The van der Waals surface area contributed by atoms with Gasteiger partial charge in [-0.25, -0.2) is 0 Å². The van der Waals surface area contributed by atoms with Crippen molar-refractivity contribution >= 4 is 21.8 Å². The zero-order chi connectivity index (χ0) is 13.8. The van der Waals surface area contributed by atoms with Gasteiger partial charge in [0.1, 0.15) is 5.75 Å². The molecule has 0 saturated carbocycles. The Balaban J connectivity index is 2.18. The van der Waals surface area contributed by atoms with Crippen molar-refractivity contribution in [3.05, 3.63) is 28.2 Å². The van der Waals surface area contributed by atoms with E-state index < -0.39 is 0 Å². The molecule has 1 fully saturated rings. The van der Waals surface area contributed by atoms with Gasteiger partial charge in [-0.2, -0.15) is 0 Å². The Morgan fingerprint density at radius 2 is 2.11 bits per heavy atom. The summed E-state index contributed by atoms with van der Waals surface area (Å²) in [6.07, 6.45) is 1.79. The second-order valence-electron chi connectivity index (χ2n) is 4.61. The molecule has 1 aliphatic rings. The van der Waals surface area contributed by atoms with E-state index in [0.717, 1.165) is 30.5 Å². The normalized spacial score (nSPS) is 16.2. The van der Waals surface area contributed by atoms with Crippen molar-refractivity contribution < 1.29 is 14.3 Å². The zero-order valence-electron chi connectivity index (χ0n) is 11.2. The molecule has 1 saturated heterocycles. The summed E-state index contributed by atoms with van der Waals surface area (Å²) in [7, 11) is 3.45. The van der Waals surface area contributed by atoms with Crippen LogP contribution in [0.25, 0.3) is 0 Å². The summed E-state index contributed by atoms with van der Waals surface area (Å²) in [5.74, 6) is 0.699. The highest BCUT2D eigenvalue weighted by molar-refractivity contribution is 9.10. The minimum absolute atomic E-state index is 0.0117. The molecule has 0 aromatic heterocycles. The number of hydrogen-bond donors (Lipinski definition) is 0. The van der Waals surface area contributed by atoms with Gasteiger partial charge in [0.2, 0.25) is 0 Å². The van der Waals surface area contributed by atoms with Crippen LogP contribution in [0.4, 0.5) is 0 Å². The fraction of sp³-hybridized carbons (Fsp3) is 0.500. The summed E-state index contributed by atoms with van der Waals surface area (Å²) >= 11 is 3.42. The highest BCUT2D eigenvalue weighted by Crippen LogP contribution is 2.25. The molecule has 0 radical (unpaired) electrons. The van der Waals surface area contributed by atoms with Gasteiger partial charge in [0.15, 0.2) is 0 Å². The Labute approximate surface area is 121 Å². The third-order valence-electron chi connectivity index (χ3n) is 3.46. The minimum atomic E-state index is 0.0117. The van der Waals surface area contributed by atoms with Crippen LogP contribution in [0, 0.1) is 0 Å². The van der Waals surface area contributed by atoms with Gasteiger partial charge in [-0.05, 0) is 47.0 Å². The maximum absolute atomic E-state index is 12.5. The van der Waals surface area contributed by atoms with Crippen molar-refractivity contribution in [1.29, 1.82) is 0 Å². The molecule has 5 heteroatoms. The molecule has 2 rings (SSSR count). The average molecular weight is 328 g/mol. The first-order valence-corrected chi connectivity index (χ1v) is 7.11. The number of ether oxygens (including phenoxy) is 2. The number of benzene rings is 1. The van der Waals surface area contributed by atoms with Gasteiger partial charge in [-0.1, -0.05) is 0 Å². The van der Waals surface area contributed by atoms with Crippen LogP contribution in [0.1, 0.15) is 23.2 Å². The van der Waals surface area contributed by atoms with Gasteiger partial charge >= 0.3 is 0 Å². The molecule has 0 unspecified atom stereocenters. The molecule has 1 heterocycles. The molecule has 0 bridgehead atoms. The van der Waals surface area contributed by atoms with E-state index in [2.05, 4.69) is 15.9 Å². The second kappa shape index (κ2) is 6.39. The van der Waals surface area contributed by atoms with Crippen LogP contribution < -0.4 is 4.74 Å². The van der Waals surface area contributed by atoms with Gasteiger partial charge in [-0.15, -0.1) is 0 Å². The Kier molecular flexibility index (Phi) is 4.82. The summed E-state index contributed by atoms with van der Waals surface area (Å²) < 4.78 is 11.3. The van der Waals surface area contributed by atoms with Crippen LogP contribution in [-0.2, 0) is 4.74 Å². The lowest BCUT2D eigenvalue weighted by molar-refractivity contribution is 0.0361. The van der Waals surface area contributed by atoms with E-state index in [0.29, 0.717) is 11.3 Å². The fourth-order valence-corrected chi connectivity index (χ4v) is 2.64. The Morgan fingerprint density at radius 3 is 2.74 bits per heavy atom. The van der Waals surface area contributed by atoms with Crippen LogP contribution >= 0.6 is 15.9 Å². The summed E-state index contributed by atoms with van der Waals surface area (Å²) in [6.45, 7) is 1.45. The van der Waals surface area contributed by atoms with Gasteiger partial charge in [-0.3, -0.25) is 4.79 Å². The van der Waals surface area contributed by atoms with E-state index in [1.165, 1.54) is 0 Å². The molecule has 19 heavy (non-hydrogen) atoms. The van der Waals surface area contributed by atoms with E-state index in [4.69, 9.17) is 9.47 Å². The summed E-state index contributed by atoms with van der Waals surface area (Å²) in [4.78, 5) is 14.3. The molecule has 1 amide bonds. The van der Waals surface area contributed by atoms with Crippen LogP contribution in [-0.4, -0.2) is 44.2 Å². The molecule has 0 spiro atoms. The van der Waals surface area contributed by atoms with Gasteiger partial charge in [0, 0.05) is 30.8 Å². The fourth-order valence-electron chi connectivity index (χ4n) is 2.22. The third-order valence-corrected chi connectivity index (χ3v) is 4.15. The molecule has 0 N–H and O–H groups in total. The number of halogens is 1. The molecule has 0 aliphatic carbocycles. The van der Waals surface area contributed by atoms with Crippen molar-refractivity contribution in [1.82, 2.24) is 4.90 Å².